The Morgan fingerprint density at radius 1 is 1.22 bits per heavy atom. The van der Waals surface area contributed by atoms with Crippen molar-refractivity contribution in [2.45, 2.75) is 19.6 Å². The molecule has 0 bridgehead atoms. The maximum Gasteiger partial charge on any atom is 0.0761 e. The molecule has 0 spiro atoms. The second kappa shape index (κ2) is 5.65. The average Bonchev–Trinajstić information content (AvgIpc) is 2.40. The van der Waals surface area contributed by atoms with Gasteiger partial charge in [0.25, 0.3) is 0 Å². The van der Waals surface area contributed by atoms with Gasteiger partial charge in [-0.3, -0.25) is 4.98 Å². The summed E-state index contributed by atoms with van der Waals surface area (Å²) < 4.78 is 0. The molecule has 0 radical (unpaired) electrons. The van der Waals surface area contributed by atoms with Crippen LogP contribution in [-0.4, -0.2) is 17.1 Å². The smallest absolute Gasteiger partial charge is 0.0761 e. The monoisotopic (exact) mass is 242 g/mol. The first-order valence-electron chi connectivity index (χ1n) is 6.05. The standard InChI is InChI=1S/C15H18N2O/c1-12(18)14-5-7-15(8-6-14)17(2)11-13-4-3-9-16-10-13/h3-10,12,18H,11H2,1-2H3/t12-/m1/s1. The number of aromatic nitrogens is 1. The van der Waals surface area contributed by atoms with Crippen LogP contribution in [0.2, 0.25) is 0 Å². The van der Waals surface area contributed by atoms with Gasteiger partial charge in [-0.05, 0) is 36.2 Å². The van der Waals surface area contributed by atoms with Crippen molar-refractivity contribution >= 4 is 5.69 Å². The van der Waals surface area contributed by atoms with Crippen LogP contribution in [0.25, 0.3) is 0 Å². The van der Waals surface area contributed by atoms with E-state index >= 15 is 0 Å². The van der Waals surface area contributed by atoms with Crippen LogP contribution >= 0.6 is 0 Å². The topological polar surface area (TPSA) is 36.4 Å². The number of nitrogens with zero attached hydrogens (tertiary/aromatic N) is 2. The van der Waals surface area contributed by atoms with E-state index < -0.39 is 6.10 Å². The van der Waals surface area contributed by atoms with Gasteiger partial charge in [0.15, 0.2) is 0 Å². The van der Waals surface area contributed by atoms with E-state index in [2.05, 4.69) is 16.0 Å². The summed E-state index contributed by atoms with van der Waals surface area (Å²) >= 11 is 0. The van der Waals surface area contributed by atoms with Gasteiger partial charge in [-0.25, -0.2) is 0 Å². The Morgan fingerprint density at radius 3 is 2.50 bits per heavy atom. The van der Waals surface area contributed by atoms with Gasteiger partial charge in [0, 0.05) is 31.7 Å². The van der Waals surface area contributed by atoms with Crippen molar-refractivity contribution in [2.24, 2.45) is 0 Å². The molecule has 0 aliphatic rings. The molecule has 0 unspecified atom stereocenters. The minimum Gasteiger partial charge on any atom is -0.389 e. The van der Waals surface area contributed by atoms with Gasteiger partial charge in [-0.2, -0.15) is 0 Å². The number of hydrogen-bond acceptors (Lipinski definition) is 3. The van der Waals surface area contributed by atoms with Crippen LogP contribution in [0, 0.1) is 0 Å². The Bertz CT molecular complexity index is 480. The van der Waals surface area contributed by atoms with Crippen LogP contribution in [0.3, 0.4) is 0 Å². The quantitative estimate of drug-likeness (QED) is 0.895. The molecule has 0 saturated carbocycles. The van der Waals surface area contributed by atoms with Crippen molar-refractivity contribution in [1.82, 2.24) is 4.98 Å². The summed E-state index contributed by atoms with van der Waals surface area (Å²) in [5.74, 6) is 0. The summed E-state index contributed by atoms with van der Waals surface area (Å²) in [7, 11) is 2.05. The summed E-state index contributed by atoms with van der Waals surface area (Å²) in [6, 6.07) is 12.0. The second-order valence-electron chi connectivity index (χ2n) is 4.48. The number of aliphatic hydroxyl groups is 1. The largest absolute Gasteiger partial charge is 0.389 e. The molecule has 3 heteroatoms. The highest BCUT2D eigenvalue weighted by Crippen LogP contribution is 2.19. The maximum absolute atomic E-state index is 9.47. The van der Waals surface area contributed by atoms with Gasteiger partial charge < -0.3 is 10.0 Å². The molecular weight excluding hydrogens is 224 g/mol. The Kier molecular flexibility index (Phi) is 3.95. The fourth-order valence-electron chi connectivity index (χ4n) is 1.86. The first-order valence-corrected chi connectivity index (χ1v) is 6.05. The third-order valence-corrected chi connectivity index (χ3v) is 2.96. The number of hydrogen-bond donors (Lipinski definition) is 1. The molecule has 2 aromatic rings. The Labute approximate surface area is 108 Å². The molecule has 0 aliphatic heterocycles. The first-order chi connectivity index (χ1) is 8.66. The Morgan fingerprint density at radius 2 is 1.94 bits per heavy atom. The van der Waals surface area contributed by atoms with Crippen LogP contribution in [-0.2, 0) is 6.54 Å². The lowest BCUT2D eigenvalue weighted by atomic mass is 10.1. The molecule has 1 atom stereocenters. The molecule has 1 aromatic carbocycles. The van der Waals surface area contributed by atoms with Gasteiger partial charge in [-0.1, -0.05) is 18.2 Å². The summed E-state index contributed by atoms with van der Waals surface area (Å²) in [6.45, 7) is 2.59. The zero-order chi connectivity index (χ0) is 13.0. The van der Waals surface area contributed by atoms with Crippen molar-refractivity contribution in [3.8, 4) is 0 Å². The van der Waals surface area contributed by atoms with Gasteiger partial charge in [0.1, 0.15) is 0 Å². The van der Waals surface area contributed by atoms with Crippen LogP contribution in [0.5, 0.6) is 0 Å². The molecule has 0 fully saturated rings. The molecule has 0 amide bonds. The van der Waals surface area contributed by atoms with Crippen molar-refractivity contribution in [3.63, 3.8) is 0 Å². The van der Waals surface area contributed by atoms with Crippen molar-refractivity contribution in [1.29, 1.82) is 0 Å². The van der Waals surface area contributed by atoms with Gasteiger partial charge in [0.05, 0.1) is 6.10 Å². The zero-order valence-corrected chi connectivity index (χ0v) is 10.7. The van der Waals surface area contributed by atoms with E-state index in [1.54, 1.807) is 13.1 Å². The summed E-state index contributed by atoms with van der Waals surface area (Å²) in [5.41, 5.74) is 3.25. The molecule has 2 rings (SSSR count). The molecular formula is C15H18N2O. The van der Waals surface area contributed by atoms with E-state index in [0.29, 0.717) is 0 Å². The maximum atomic E-state index is 9.47. The van der Waals surface area contributed by atoms with E-state index in [4.69, 9.17) is 0 Å². The zero-order valence-electron chi connectivity index (χ0n) is 10.7. The lowest BCUT2D eigenvalue weighted by Crippen LogP contribution is -2.16. The molecule has 3 nitrogen and oxygen atoms in total. The predicted molar refractivity (Wildman–Crippen MR) is 73.4 cm³/mol. The predicted octanol–water partition coefficient (Wildman–Crippen LogP) is 2.77. The van der Waals surface area contributed by atoms with Crippen LogP contribution in [0.1, 0.15) is 24.2 Å². The number of pyridine rings is 1. The van der Waals surface area contributed by atoms with Gasteiger partial charge >= 0.3 is 0 Å². The average molecular weight is 242 g/mol. The Hall–Kier alpha value is -1.87. The van der Waals surface area contributed by atoms with E-state index in [1.165, 1.54) is 5.56 Å². The number of aliphatic hydroxyl groups excluding tert-OH is 1. The fraction of sp³-hybridized carbons (Fsp3) is 0.267. The molecule has 0 saturated heterocycles. The van der Waals surface area contributed by atoms with Crippen LogP contribution in [0.4, 0.5) is 5.69 Å². The molecule has 1 aromatic heterocycles. The normalized spacial score (nSPS) is 12.2. The SMILES string of the molecule is C[C@@H](O)c1ccc(N(C)Cc2cccnc2)cc1. The third-order valence-electron chi connectivity index (χ3n) is 2.96. The summed E-state index contributed by atoms with van der Waals surface area (Å²) in [5, 5.41) is 9.47. The highest BCUT2D eigenvalue weighted by molar-refractivity contribution is 5.47. The molecule has 94 valence electrons. The van der Waals surface area contributed by atoms with Crippen LogP contribution in [0.15, 0.2) is 48.8 Å². The molecule has 1 heterocycles. The van der Waals surface area contributed by atoms with Gasteiger partial charge in [-0.15, -0.1) is 0 Å². The highest BCUT2D eigenvalue weighted by Gasteiger charge is 2.04. The van der Waals surface area contributed by atoms with Crippen molar-refractivity contribution in [2.75, 3.05) is 11.9 Å². The fourth-order valence-corrected chi connectivity index (χ4v) is 1.86. The highest BCUT2D eigenvalue weighted by atomic mass is 16.3. The molecule has 1 N–H and O–H groups in total. The Balaban J connectivity index is 2.07. The molecule has 0 aliphatic carbocycles. The summed E-state index contributed by atoms with van der Waals surface area (Å²) in [4.78, 5) is 6.26. The first kappa shape index (κ1) is 12.6. The van der Waals surface area contributed by atoms with E-state index in [1.807, 2.05) is 43.6 Å². The lowest BCUT2D eigenvalue weighted by Gasteiger charge is -2.19. The third kappa shape index (κ3) is 3.08. The molecule has 18 heavy (non-hydrogen) atoms. The van der Waals surface area contributed by atoms with Crippen LogP contribution < -0.4 is 4.90 Å². The van der Waals surface area contributed by atoms with Crippen molar-refractivity contribution in [3.05, 3.63) is 59.9 Å². The number of benzene rings is 1. The number of anilines is 1. The summed E-state index contributed by atoms with van der Waals surface area (Å²) in [6.07, 6.45) is 3.24. The van der Waals surface area contributed by atoms with Gasteiger partial charge in [0.2, 0.25) is 0 Å². The van der Waals surface area contributed by atoms with E-state index in [0.717, 1.165) is 17.8 Å². The second-order valence-corrected chi connectivity index (χ2v) is 4.48. The van der Waals surface area contributed by atoms with E-state index in [9.17, 15) is 5.11 Å². The van der Waals surface area contributed by atoms with Crippen molar-refractivity contribution < 1.29 is 5.11 Å². The van der Waals surface area contributed by atoms with E-state index in [-0.39, 0.29) is 0 Å². The lowest BCUT2D eigenvalue weighted by molar-refractivity contribution is 0.199. The number of rotatable bonds is 4. The minimum absolute atomic E-state index is 0.414. The minimum atomic E-state index is -0.414.